The number of hydrogen-bond acceptors (Lipinski definition) is 12. The number of ether oxygens (including phenoxy) is 5. The number of nitroso groups, excluding NO2 is 1. The number of halogens is 3. The molecule has 8 radical (unpaired) electrons. The molecule has 62 heavy (non-hydrogen) atoms. The summed E-state index contributed by atoms with van der Waals surface area (Å²) in [7, 11) is 0. The summed E-state index contributed by atoms with van der Waals surface area (Å²) in [6.45, 7) is 10.5. The molecule has 0 aliphatic carbocycles. The van der Waals surface area contributed by atoms with E-state index in [2.05, 4.69) is 64.5 Å². The molecule has 0 amide bonds. The van der Waals surface area contributed by atoms with Gasteiger partial charge in [-0.15, -0.1) is 16.9 Å². The fourth-order valence-electron chi connectivity index (χ4n) is 3.65. The number of carbonyl (C=O) groups is 2. The molecule has 0 unspecified atom stereocenters. The zero-order chi connectivity index (χ0) is 39.1. The zero-order valence-electron chi connectivity index (χ0n) is 34.8. The van der Waals surface area contributed by atoms with Crippen LogP contribution in [0.2, 0.25) is 0 Å². The Morgan fingerprint density at radius 1 is 0.597 bits per heavy atom. The predicted octanol–water partition coefficient (Wildman–Crippen LogP) is 11.0. The predicted molar refractivity (Wildman–Crippen MR) is 233 cm³/mol. The molecule has 4 N–H and O–H groups in total. The number of thioether (sulfide) groups is 1. The van der Waals surface area contributed by atoms with Crippen molar-refractivity contribution >= 4 is 104 Å². The summed E-state index contributed by atoms with van der Waals surface area (Å²) >= 11 is 9.17. The van der Waals surface area contributed by atoms with Gasteiger partial charge in [-0.2, -0.15) is 0 Å². The summed E-state index contributed by atoms with van der Waals surface area (Å²) in [5, 5.41) is 9.29. The topological polar surface area (TPSA) is 201 Å². The fraction of sp³-hybridized carbons (Fsp3) is 0.312. The van der Waals surface area contributed by atoms with Crippen LogP contribution in [0.4, 0.5) is 0 Å². The molecule has 0 aliphatic heterocycles. The Morgan fingerprint density at radius 2 is 0.855 bits per heavy atom. The van der Waals surface area contributed by atoms with Crippen molar-refractivity contribution in [2.24, 2.45) is 4.58 Å². The molecule has 0 aliphatic rings. The van der Waals surface area contributed by atoms with Crippen molar-refractivity contribution in [2.75, 3.05) is 26.4 Å². The molecule has 332 valence electrons. The molecule has 0 spiro atoms. The van der Waals surface area contributed by atoms with Gasteiger partial charge in [-0.1, -0.05) is 0 Å². The molecule has 0 aromatic heterocycles. The van der Waals surface area contributed by atoms with E-state index in [1.54, 1.807) is 63.4 Å². The van der Waals surface area contributed by atoms with Gasteiger partial charge in [0.1, 0.15) is 34.5 Å². The van der Waals surface area contributed by atoms with E-state index in [1.165, 1.54) is 17.5 Å². The minimum Gasteiger partial charge on any atom is 0 e. The monoisotopic (exact) mass is 3400 g/mol. The van der Waals surface area contributed by atoms with Gasteiger partial charge >= 0.3 is 64.9 Å². The van der Waals surface area contributed by atoms with E-state index >= 15 is 0 Å². The van der Waals surface area contributed by atoms with Crippen LogP contribution in [0.15, 0.2) is 41.0 Å². The zero-order valence-corrected chi connectivity index (χ0v) is 89.9. The third-order valence-corrected chi connectivity index (χ3v) is 6.76. The van der Waals surface area contributed by atoms with Gasteiger partial charge in [-0.25, -0.2) is 11.5 Å². The Bertz CT molecular complexity index is 1610. The largest absolute Gasteiger partial charge is 0 e. The summed E-state index contributed by atoms with van der Waals surface area (Å²) in [6, 6.07) is 10.2. The Kier molecular flexibility index (Phi) is 73.1. The molecule has 13 nitrogen and oxygen atoms in total. The smallest absolute Gasteiger partial charge is 0 e. The average molecular weight is 3400 g/mol. The van der Waals surface area contributed by atoms with Crippen LogP contribution >= 0.6 is 83.6 Å². The summed E-state index contributed by atoms with van der Waals surface area (Å²) < 4.78 is 28.0. The SMILES string of the molecule is CS[CH-]C(=O)Oc1cc(C)c(OC[NH-])cc1C.Cc1cc(OC(=O)[CH-]SN=O)c(C)cc1OC[NH-].Cc1cc(OC[NH-])c(C)cc1O.[B].[I][V]([I])[I].[Re].[Re].[Re].[Re].[Re].[Rf].[Rf].[Rf].[Rf].[Rf]. The third kappa shape index (κ3) is 37.4. The van der Waals surface area contributed by atoms with Crippen molar-refractivity contribution in [1.82, 2.24) is 0 Å². The molecule has 3 aromatic rings. The molecule has 0 bridgehead atoms. The van der Waals surface area contributed by atoms with Crippen LogP contribution in [-0.2, 0) is 117 Å². The molecule has 0 heterocycles. The van der Waals surface area contributed by atoms with E-state index in [4.69, 9.17) is 40.9 Å². The van der Waals surface area contributed by atoms with Crippen LogP contribution in [0, 0.1) is 58.0 Å². The van der Waals surface area contributed by atoms with Gasteiger partial charge in [0.15, 0.2) is 11.9 Å². The third-order valence-electron chi connectivity index (χ3n) is 5.95. The number of rotatable bonds is 13. The molecule has 0 fully saturated rings. The van der Waals surface area contributed by atoms with E-state index < -0.39 is 5.97 Å². The number of aryl methyl sites for hydroxylation is 6. The number of nitrogens with one attached hydrogen (secondary N) is 3. The first-order valence-corrected chi connectivity index (χ1v) is 29.9. The first-order chi connectivity index (χ1) is 24.0. The van der Waals surface area contributed by atoms with Crippen LogP contribution in [0.3, 0.4) is 0 Å². The number of benzene rings is 3. The quantitative estimate of drug-likeness (QED) is 0.0325. The summed E-state index contributed by atoms with van der Waals surface area (Å²) in [4.78, 5) is 32.2. The molecular weight excluding hydrogens is 3360 g/mol. The number of carbonyl (C=O) groups excluding carboxylic acids is 2. The number of hydrogen-bond donors (Lipinski definition) is 1. The minimum absolute atomic E-state index is 0. The number of aromatic hydroxyl groups is 1. The summed E-state index contributed by atoms with van der Waals surface area (Å²) in [5.74, 6) is 4.42. The van der Waals surface area contributed by atoms with Gasteiger partial charge in [0.25, 0.3) is 0 Å². The number of esters is 2. The molecule has 3 aromatic carbocycles. The second-order valence-electron chi connectivity index (χ2n) is 9.72. The number of nitrogens with zero attached hydrogens (tertiary/aromatic N) is 1. The van der Waals surface area contributed by atoms with Crippen molar-refractivity contribution in [3.05, 3.63) is 103 Å². The van der Waals surface area contributed by atoms with Gasteiger partial charge < -0.3 is 57.8 Å². The maximum Gasteiger partial charge on any atom is 0 e. The Morgan fingerprint density at radius 3 is 1.15 bits per heavy atom. The van der Waals surface area contributed by atoms with E-state index in [0.29, 0.717) is 46.3 Å². The number of phenols is 1. The Hall–Kier alpha value is -3.13. The van der Waals surface area contributed by atoms with Gasteiger partial charge in [-0.05, 0) is 142 Å². The van der Waals surface area contributed by atoms with Crippen LogP contribution in [0.25, 0.3) is 17.2 Å². The van der Waals surface area contributed by atoms with Gasteiger partial charge in [0.05, 0.1) is 0 Å². The van der Waals surface area contributed by atoms with Crippen LogP contribution in [0.1, 0.15) is 33.4 Å². The van der Waals surface area contributed by atoms with E-state index in [-0.39, 0.29) is 147 Å². The van der Waals surface area contributed by atoms with E-state index in [9.17, 15) is 19.6 Å². The maximum atomic E-state index is 11.3. The normalized spacial score (nSPS) is 8.03. The van der Waals surface area contributed by atoms with Crippen molar-refractivity contribution in [2.45, 2.75) is 41.5 Å². The molecule has 0 saturated carbocycles. The first-order valence-electron chi connectivity index (χ1n) is 14.3. The van der Waals surface area contributed by atoms with Crippen molar-refractivity contribution < 1.29 is 145 Å². The first kappa shape index (κ1) is 89.7. The van der Waals surface area contributed by atoms with E-state index in [1.807, 2.05) is 20.8 Å². The van der Waals surface area contributed by atoms with Gasteiger partial charge in [0.2, 0.25) is 0 Å². The van der Waals surface area contributed by atoms with E-state index in [0.717, 1.165) is 33.6 Å². The minimum atomic E-state index is -0.656. The molecular formula is C32H39BI3N4O9Re5Rf5S2V-5. The standard InChI is InChI=1S/C12H15NO3S.C11H12N2O4S.C9H12NO2.B.3HI.5Re.5Rf.V/c1-8-5-11(16-12(14)6-17-3)9(2)4-10(8)15-7-13;1-7-4-10(17-11(14)5-18-13-15)8(2)3-9(7)16-6-12;1-6-4-9(12-5-10)7(2)3-8(6)11;;;;;;;;;;;;;;;/h4-6,13H,7H2,1-3H3;3-5,12H,6H2,1-2H3;3-4,10-11H,5H2,1-2H3;;3*1H;;;;;;;;;;;/q2*-2;-1;;;;;;;;;;;;;;;+3/p-3. The molecule has 0 saturated heterocycles. The van der Waals surface area contributed by atoms with Crippen molar-refractivity contribution in [3.63, 3.8) is 0 Å². The van der Waals surface area contributed by atoms with Crippen molar-refractivity contribution in [1.29, 1.82) is 0 Å². The van der Waals surface area contributed by atoms with Gasteiger partial charge in [0, 0.05) is 111 Å². The molecule has 30 heteroatoms. The second-order valence-corrected chi connectivity index (χ2v) is 46.4. The molecule has 3 rings (SSSR count). The van der Waals surface area contributed by atoms with Crippen LogP contribution < -0.4 is 23.7 Å². The maximum absolute atomic E-state index is 11.3. The fourth-order valence-corrected chi connectivity index (χ4v) is 4.06. The summed E-state index contributed by atoms with van der Waals surface area (Å²) in [5.41, 5.74) is 25.6. The number of phenolic OH excluding ortho intramolecular Hbond substituents is 1. The molecule has 0 atom stereocenters. The summed E-state index contributed by atoms with van der Waals surface area (Å²) in [6.07, 6.45) is 1.80. The average Bonchev–Trinajstić information content (AvgIpc) is 3.04. The van der Waals surface area contributed by atoms with Crippen LogP contribution in [0.5, 0.6) is 34.5 Å². The van der Waals surface area contributed by atoms with Crippen molar-refractivity contribution in [3.8, 4) is 34.5 Å². The van der Waals surface area contributed by atoms with Crippen LogP contribution in [-0.4, -0.2) is 51.9 Å². The van der Waals surface area contributed by atoms with Gasteiger partial charge in [-0.3, -0.25) is 9.59 Å². The Labute approximate surface area is 452 Å². The Balaban J connectivity index is -0.0000000539. The second kappa shape index (κ2) is 50.5.